The van der Waals surface area contributed by atoms with E-state index in [9.17, 15) is 13.5 Å². The minimum Gasteiger partial charge on any atom is -0.392 e. The number of hydrogen-bond acceptors (Lipinski definition) is 3. The van der Waals surface area contributed by atoms with Crippen LogP contribution in [0.3, 0.4) is 0 Å². The first kappa shape index (κ1) is 15.8. The Morgan fingerprint density at radius 1 is 1.00 bits per heavy atom. The third kappa shape index (κ3) is 9.08. The molecular formula is C10H24N2O3S. The van der Waals surface area contributed by atoms with E-state index in [-0.39, 0.29) is 12.5 Å². The van der Waals surface area contributed by atoms with Gasteiger partial charge in [0.1, 0.15) is 0 Å². The van der Waals surface area contributed by atoms with Crippen molar-refractivity contribution in [2.24, 2.45) is 11.8 Å². The van der Waals surface area contributed by atoms with Gasteiger partial charge < -0.3 is 5.11 Å². The van der Waals surface area contributed by atoms with Crippen molar-refractivity contribution in [3.63, 3.8) is 0 Å². The van der Waals surface area contributed by atoms with Crippen molar-refractivity contribution < 1.29 is 13.5 Å². The lowest BCUT2D eigenvalue weighted by Crippen LogP contribution is -2.41. The summed E-state index contributed by atoms with van der Waals surface area (Å²) in [4.78, 5) is 0. The molecule has 0 aromatic rings. The first-order valence-corrected chi connectivity index (χ1v) is 7.13. The van der Waals surface area contributed by atoms with Crippen LogP contribution in [0.5, 0.6) is 0 Å². The fourth-order valence-electron chi connectivity index (χ4n) is 1.16. The summed E-state index contributed by atoms with van der Waals surface area (Å²) in [7, 11) is -3.47. The predicted octanol–water partition coefficient (Wildman–Crippen LogP) is 0.473. The van der Waals surface area contributed by atoms with Gasteiger partial charge in [-0.25, -0.2) is 4.72 Å². The zero-order valence-electron chi connectivity index (χ0n) is 10.5. The van der Waals surface area contributed by atoms with Gasteiger partial charge in [-0.3, -0.25) is 0 Å². The third-order valence-electron chi connectivity index (χ3n) is 1.93. The van der Waals surface area contributed by atoms with Gasteiger partial charge in [-0.05, 0) is 18.3 Å². The van der Waals surface area contributed by atoms with Crippen LogP contribution in [0, 0.1) is 11.8 Å². The van der Waals surface area contributed by atoms with Crippen LogP contribution < -0.4 is 9.44 Å². The van der Waals surface area contributed by atoms with Gasteiger partial charge >= 0.3 is 0 Å². The van der Waals surface area contributed by atoms with E-state index in [0.717, 1.165) is 0 Å². The number of aliphatic hydroxyl groups excluding tert-OH is 1. The smallest absolute Gasteiger partial charge is 0.277 e. The summed E-state index contributed by atoms with van der Waals surface area (Å²) in [5.41, 5.74) is 0. The number of aliphatic hydroxyl groups is 1. The standard InChI is InChI=1S/C10H24N2O3S/c1-8(2)5-10(13)7-12-16(14,15)11-6-9(3)4/h8-13H,5-7H2,1-4H3. The van der Waals surface area contributed by atoms with Crippen LogP contribution in [0.4, 0.5) is 0 Å². The number of hydrogen-bond donors (Lipinski definition) is 3. The molecule has 0 aliphatic heterocycles. The summed E-state index contributed by atoms with van der Waals surface area (Å²) in [5.74, 6) is 0.611. The lowest BCUT2D eigenvalue weighted by atomic mass is 10.1. The van der Waals surface area contributed by atoms with Gasteiger partial charge in [0.25, 0.3) is 10.2 Å². The van der Waals surface area contributed by atoms with Gasteiger partial charge in [0.15, 0.2) is 0 Å². The molecule has 0 aliphatic rings. The van der Waals surface area contributed by atoms with Crippen molar-refractivity contribution in [2.75, 3.05) is 13.1 Å². The highest BCUT2D eigenvalue weighted by Gasteiger charge is 2.13. The minimum absolute atomic E-state index is 0.0611. The van der Waals surface area contributed by atoms with Crippen LogP contribution in [-0.4, -0.2) is 32.7 Å². The fraction of sp³-hybridized carbons (Fsp3) is 1.00. The molecule has 0 spiro atoms. The largest absolute Gasteiger partial charge is 0.392 e. The molecule has 0 rings (SSSR count). The van der Waals surface area contributed by atoms with E-state index in [4.69, 9.17) is 0 Å². The zero-order chi connectivity index (χ0) is 12.8. The molecule has 5 nitrogen and oxygen atoms in total. The molecule has 0 saturated heterocycles. The van der Waals surface area contributed by atoms with E-state index in [0.29, 0.717) is 18.9 Å². The van der Waals surface area contributed by atoms with Crippen LogP contribution >= 0.6 is 0 Å². The molecule has 0 saturated carbocycles. The molecule has 1 atom stereocenters. The fourth-order valence-corrected chi connectivity index (χ4v) is 2.23. The van der Waals surface area contributed by atoms with Gasteiger partial charge in [-0.1, -0.05) is 27.7 Å². The summed E-state index contributed by atoms with van der Waals surface area (Å²) < 4.78 is 27.5. The lowest BCUT2D eigenvalue weighted by molar-refractivity contribution is 0.152. The van der Waals surface area contributed by atoms with Crippen molar-refractivity contribution >= 4 is 10.2 Å². The summed E-state index contributed by atoms with van der Waals surface area (Å²) in [6.45, 7) is 8.27. The van der Waals surface area contributed by atoms with Gasteiger partial charge in [0.05, 0.1) is 6.10 Å². The summed E-state index contributed by atoms with van der Waals surface area (Å²) in [5, 5.41) is 9.51. The maximum Gasteiger partial charge on any atom is 0.277 e. The van der Waals surface area contributed by atoms with Crippen LogP contribution in [0.1, 0.15) is 34.1 Å². The molecule has 0 fully saturated rings. The second kappa shape index (κ2) is 7.21. The van der Waals surface area contributed by atoms with Crippen molar-refractivity contribution in [3.05, 3.63) is 0 Å². The number of nitrogens with one attached hydrogen (secondary N) is 2. The third-order valence-corrected chi connectivity index (χ3v) is 3.03. The van der Waals surface area contributed by atoms with Gasteiger partial charge in [-0.15, -0.1) is 0 Å². The summed E-state index contributed by atoms with van der Waals surface area (Å²) in [6.07, 6.45) is -0.0391. The minimum atomic E-state index is -3.47. The highest BCUT2D eigenvalue weighted by atomic mass is 32.2. The van der Waals surface area contributed by atoms with Crippen LogP contribution in [0.25, 0.3) is 0 Å². The molecule has 6 heteroatoms. The first-order chi connectivity index (χ1) is 7.23. The van der Waals surface area contributed by atoms with Crippen molar-refractivity contribution in [3.8, 4) is 0 Å². The molecule has 0 amide bonds. The first-order valence-electron chi connectivity index (χ1n) is 5.65. The SMILES string of the molecule is CC(C)CNS(=O)(=O)NCC(O)CC(C)C. The molecule has 0 heterocycles. The molecule has 0 bridgehead atoms. The topological polar surface area (TPSA) is 78.4 Å². The molecule has 3 N–H and O–H groups in total. The van der Waals surface area contributed by atoms with E-state index in [1.807, 2.05) is 27.7 Å². The highest BCUT2D eigenvalue weighted by Crippen LogP contribution is 2.03. The van der Waals surface area contributed by atoms with Crippen LogP contribution in [0.2, 0.25) is 0 Å². The van der Waals surface area contributed by atoms with Crippen LogP contribution in [-0.2, 0) is 10.2 Å². The monoisotopic (exact) mass is 252 g/mol. The Hall–Kier alpha value is -0.170. The molecule has 0 aromatic heterocycles. The highest BCUT2D eigenvalue weighted by molar-refractivity contribution is 7.87. The van der Waals surface area contributed by atoms with E-state index in [1.165, 1.54) is 0 Å². The normalized spacial score (nSPS) is 14.7. The van der Waals surface area contributed by atoms with Gasteiger partial charge in [-0.2, -0.15) is 13.1 Å². The van der Waals surface area contributed by atoms with Crippen molar-refractivity contribution in [1.29, 1.82) is 0 Å². The quantitative estimate of drug-likeness (QED) is 0.588. The molecule has 0 aliphatic carbocycles. The Bertz CT molecular complexity index is 276. The summed E-state index contributed by atoms with van der Waals surface area (Å²) >= 11 is 0. The lowest BCUT2D eigenvalue weighted by Gasteiger charge is -2.15. The van der Waals surface area contributed by atoms with Crippen molar-refractivity contribution in [2.45, 2.75) is 40.2 Å². The molecule has 0 radical (unpaired) electrons. The Balaban J connectivity index is 3.90. The second-order valence-electron chi connectivity index (χ2n) is 4.88. The molecule has 16 heavy (non-hydrogen) atoms. The van der Waals surface area contributed by atoms with E-state index < -0.39 is 16.3 Å². The summed E-state index contributed by atoms with van der Waals surface area (Å²) in [6, 6.07) is 0. The average molecular weight is 252 g/mol. The maximum absolute atomic E-state index is 11.4. The van der Waals surface area contributed by atoms with E-state index in [1.54, 1.807) is 0 Å². The maximum atomic E-state index is 11.4. The van der Waals surface area contributed by atoms with Gasteiger partial charge in [0.2, 0.25) is 0 Å². The molecule has 98 valence electrons. The predicted molar refractivity (Wildman–Crippen MR) is 65.2 cm³/mol. The van der Waals surface area contributed by atoms with Crippen molar-refractivity contribution in [1.82, 2.24) is 9.44 Å². The Morgan fingerprint density at radius 2 is 1.50 bits per heavy atom. The van der Waals surface area contributed by atoms with Gasteiger partial charge in [0, 0.05) is 13.1 Å². The molecule has 0 aromatic carbocycles. The Kier molecular flexibility index (Phi) is 7.14. The molecular weight excluding hydrogens is 228 g/mol. The average Bonchev–Trinajstić information content (AvgIpc) is 2.11. The Labute approximate surface area is 98.8 Å². The van der Waals surface area contributed by atoms with Crippen LogP contribution in [0.15, 0.2) is 0 Å². The van der Waals surface area contributed by atoms with E-state index in [2.05, 4.69) is 9.44 Å². The van der Waals surface area contributed by atoms with E-state index >= 15 is 0 Å². The number of rotatable bonds is 8. The Morgan fingerprint density at radius 3 is 1.94 bits per heavy atom. The second-order valence-corrected chi connectivity index (χ2v) is 6.46. The molecule has 1 unspecified atom stereocenters. The zero-order valence-corrected chi connectivity index (χ0v) is 11.3.